The molecule has 1 aromatic carbocycles. The number of hydrogen-bond donors (Lipinski definition) is 1. The first kappa shape index (κ1) is 17.0. The molecule has 1 aliphatic rings. The van der Waals surface area contributed by atoms with E-state index >= 15 is 0 Å². The lowest BCUT2D eigenvalue weighted by Gasteiger charge is -2.36. The number of rotatable bonds is 4. The van der Waals surface area contributed by atoms with Gasteiger partial charge in [-0.1, -0.05) is 57.6 Å². The molecule has 1 unspecified atom stereocenters. The van der Waals surface area contributed by atoms with Gasteiger partial charge < -0.3 is 0 Å². The molecule has 1 saturated carbocycles. The van der Waals surface area contributed by atoms with Gasteiger partial charge in [-0.2, -0.15) is 0 Å². The van der Waals surface area contributed by atoms with Crippen LogP contribution in [0.2, 0.25) is 23.2 Å². The molecule has 1 N–H and O–H groups in total. The first-order valence-corrected chi connectivity index (χ1v) is 12.1. The molecule has 21 heavy (non-hydrogen) atoms. The summed E-state index contributed by atoms with van der Waals surface area (Å²) in [6.45, 7) is 10.4. The Balaban J connectivity index is 2.14. The zero-order valence-electron chi connectivity index (χ0n) is 13.3. The fourth-order valence-corrected chi connectivity index (χ4v) is 8.11. The third-order valence-electron chi connectivity index (χ3n) is 4.68. The number of halogens is 1. The van der Waals surface area contributed by atoms with Gasteiger partial charge in [-0.15, -0.1) is 0 Å². The van der Waals surface area contributed by atoms with Gasteiger partial charge in [0, 0.05) is 10.9 Å². The molecule has 0 spiro atoms. The van der Waals surface area contributed by atoms with Crippen LogP contribution in [0.4, 0.5) is 0 Å². The van der Waals surface area contributed by atoms with Crippen LogP contribution in [0.3, 0.4) is 0 Å². The lowest BCUT2D eigenvalue weighted by molar-refractivity contribution is 0.587. The van der Waals surface area contributed by atoms with Gasteiger partial charge in [-0.05, 0) is 29.2 Å². The molecule has 1 fully saturated rings. The van der Waals surface area contributed by atoms with Crippen LogP contribution in [0.1, 0.15) is 38.7 Å². The fourth-order valence-electron chi connectivity index (χ4n) is 2.19. The molecule has 0 amide bonds. The number of benzene rings is 1. The lowest BCUT2D eigenvalue weighted by Crippen LogP contribution is -2.55. The molecule has 6 heteroatoms. The van der Waals surface area contributed by atoms with Crippen LogP contribution >= 0.6 is 11.6 Å². The minimum Gasteiger partial charge on any atom is -0.237 e. The summed E-state index contributed by atoms with van der Waals surface area (Å²) in [5, 5.41) is 0.332. The third-order valence-corrected chi connectivity index (χ3v) is 13.2. The molecule has 1 aromatic rings. The van der Waals surface area contributed by atoms with Crippen molar-refractivity contribution in [3.05, 3.63) is 34.9 Å². The third kappa shape index (κ3) is 3.70. The minimum absolute atomic E-state index is 0.0134. The number of sulfonamides is 1. The Bertz CT molecular complexity index is 637. The molecule has 0 radical (unpaired) electrons. The molecule has 0 bridgehead atoms. The van der Waals surface area contributed by atoms with E-state index in [2.05, 4.69) is 38.3 Å². The molecule has 0 aliphatic heterocycles. The Morgan fingerprint density at radius 1 is 1.29 bits per heavy atom. The van der Waals surface area contributed by atoms with Crippen LogP contribution in [0.15, 0.2) is 24.3 Å². The molecule has 118 valence electrons. The van der Waals surface area contributed by atoms with Crippen molar-refractivity contribution in [2.24, 2.45) is 0 Å². The maximum atomic E-state index is 12.6. The second-order valence-corrected chi connectivity index (χ2v) is 15.2. The maximum absolute atomic E-state index is 12.6. The van der Waals surface area contributed by atoms with Gasteiger partial charge in [0.15, 0.2) is 0 Å². The zero-order valence-corrected chi connectivity index (χ0v) is 15.8. The summed E-state index contributed by atoms with van der Waals surface area (Å²) < 4.78 is 28.3. The van der Waals surface area contributed by atoms with Crippen molar-refractivity contribution < 1.29 is 8.42 Å². The van der Waals surface area contributed by atoms with Crippen molar-refractivity contribution in [2.45, 2.75) is 56.5 Å². The Morgan fingerprint density at radius 3 is 2.43 bits per heavy atom. The Morgan fingerprint density at radius 2 is 1.90 bits per heavy atom. The molecule has 0 saturated heterocycles. The van der Waals surface area contributed by atoms with E-state index in [9.17, 15) is 8.42 Å². The Kier molecular flexibility index (Phi) is 4.35. The van der Waals surface area contributed by atoms with Crippen LogP contribution < -0.4 is 4.39 Å². The molecule has 0 heterocycles. The first-order valence-electron chi connectivity index (χ1n) is 7.22. The summed E-state index contributed by atoms with van der Waals surface area (Å²) in [5.74, 6) is 0.0750. The zero-order chi connectivity index (χ0) is 16.1. The van der Waals surface area contributed by atoms with Gasteiger partial charge in [0.05, 0.1) is 5.25 Å². The average Bonchev–Trinajstić information content (AvgIpc) is 3.06. The molecular formula is C15H24ClNO2SSi. The largest absolute Gasteiger partial charge is 0.237 e. The highest BCUT2D eigenvalue weighted by molar-refractivity contribution is 7.91. The van der Waals surface area contributed by atoms with Crippen LogP contribution in [-0.4, -0.2) is 21.9 Å². The van der Waals surface area contributed by atoms with Crippen molar-refractivity contribution in [1.82, 2.24) is 4.39 Å². The molecule has 2 rings (SSSR count). The SMILES string of the molecule is CC(C)(C)[Si](C)(C)NS(=O)(=O)[C@H]1CC1c1cccc(Cl)c1. The maximum Gasteiger partial charge on any atom is 0.209 e. The highest BCUT2D eigenvalue weighted by atomic mass is 35.5. The summed E-state index contributed by atoms with van der Waals surface area (Å²) in [6.07, 6.45) is 0.685. The highest BCUT2D eigenvalue weighted by Crippen LogP contribution is 2.47. The average molecular weight is 346 g/mol. The monoisotopic (exact) mass is 345 g/mol. The van der Waals surface area contributed by atoms with E-state index in [1.165, 1.54) is 0 Å². The molecule has 2 atom stereocenters. The van der Waals surface area contributed by atoms with Gasteiger partial charge in [0.25, 0.3) is 0 Å². The molecule has 1 aliphatic carbocycles. The smallest absolute Gasteiger partial charge is 0.209 e. The van der Waals surface area contributed by atoms with E-state index in [0.717, 1.165) is 5.56 Å². The van der Waals surface area contributed by atoms with E-state index in [1.54, 1.807) is 0 Å². The second kappa shape index (κ2) is 5.37. The van der Waals surface area contributed by atoms with Gasteiger partial charge in [0.1, 0.15) is 8.24 Å². The van der Waals surface area contributed by atoms with E-state index in [1.807, 2.05) is 24.3 Å². The summed E-state index contributed by atoms with van der Waals surface area (Å²) in [6, 6.07) is 7.51. The normalized spacial score (nSPS) is 23.1. The summed E-state index contributed by atoms with van der Waals surface area (Å²) in [4.78, 5) is 0. The van der Waals surface area contributed by atoms with Crippen molar-refractivity contribution in [3.63, 3.8) is 0 Å². The van der Waals surface area contributed by atoms with Gasteiger partial charge in [-0.25, -0.2) is 12.8 Å². The second-order valence-electron chi connectivity index (χ2n) is 7.46. The van der Waals surface area contributed by atoms with Crippen molar-refractivity contribution in [1.29, 1.82) is 0 Å². The summed E-state index contributed by atoms with van der Waals surface area (Å²) >= 11 is 5.99. The van der Waals surface area contributed by atoms with Gasteiger partial charge in [0.2, 0.25) is 10.0 Å². The quantitative estimate of drug-likeness (QED) is 0.834. The highest BCUT2D eigenvalue weighted by Gasteiger charge is 2.51. The molecular weight excluding hydrogens is 322 g/mol. The Labute approximate surface area is 134 Å². The number of nitrogens with one attached hydrogen (secondary N) is 1. The predicted octanol–water partition coefficient (Wildman–Crippen LogP) is 4.12. The summed E-state index contributed by atoms with van der Waals surface area (Å²) in [5.41, 5.74) is 1.02. The van der Waals surface area contributed by atoms with Crippen molar-refractivity contribution in [2.75, 3.05) is 0 Å². The van der Waals surface area contributed by atoms with E-state index in [0.29, 0.717) is 11.4 Å². The summed E-state index contributed by atoms with van der Waals surface area (Å²) in [7, 11) is -5.34. The topological polar surface area (TPSA) is 46.2 Å². The first-order chi connectivity index (χ1) is 9.44. The fraction of sp³-hybridized carbons (Fsp3) is 0.600. The Hall–Kier alpha value is -0.363. The molecule has 0 aromatic heterocycles. The van der Waals surface area contributed by atoms with Crippen molar-refractivity contribution >= 4 is 29.9 Å². The van der Waals surface area contributed by atoms with E-state index < -0.39 is 18.3 Å². The van der Waals surface area contributed by atoms with Crippen LogP contribution in [0.25, 0.3) is 0 Å². The van der Waals surface area contributed by atoms with Crippen LogP contribution in [0, 0.1) is 0 Å². The van der Waals surface area contributed by atoms with Crippen LogP contribution in [-0.2, 0) is 10.0 Å². The predicted molar refractivity (Wildman–Crippen MR) is 91.9 cm³/mol. The lowest BCUT2D eigenvalue weighted by atomic mass is 10.1. The minimum atomic E-state index is -3.27. The molecule has 3 nitrogen and oxygen atoms in total. The van der Waals surface area contributed by atoms with Gasteiger partial charge >= 0.3 is 0 Å². The van der Waals surface area contributed by atoms with Gasteiger partial charge in [-0.3, -0.25) is 0 Å². The van der Waals surface area contributed by atoms with Crippen molar-refractivity contribution in [3.8, 4) is 0 Å². The van der Waals surface area contributed by atoms with E-state index in [-0.39, 0.29) is 16.2 Å². The standard InChI is InChI=1S/C15H24ClNO2SSi/c1-15(2,3)21(4,5)17-20(18,19)14-10-13(14)11-7-6-8-12(16)9-11/h6-9,13-14,17H,10H2,1-5H3/t13?,14-/m0/s1. The number of hydrogen-bond acceptors (Lipinski definition) is 2. The van der Waals surface area contributed by atoms with E-state index in [4.69, 9.17) is 11.6 Å². The van der Waals surface area contributed by atoms with Crippen LogP contribution in [0.5, 0.6) is 0 Å².